The fourth-order valence-corrected chi connectivity index (χ4v) is 3.99. The molecule has 4 rings (SSSR count). The third kappa shape index (κ3) is 5.13. The molecule has 3 aromatic rings. The fourth-order valence-electron chi connectivity index (χ4n) is 3.99. The Bertz CT molecular complexity index is 1290. The van der Waals surface area contributed by atoms with Crippen molar-refractivity contribution in [3.63, 3.8) is 0 Å². The summed E-state index contributed by atoms with van der Waals surface area (Å²) in [5.74, 6) is -0.531. The minimum absolute atomic E-state index is 0.129. The summed E-state index contributed by atoms with van der Waals surface area (Å²) >= 11 is 0. The molecule has 10 heteroatoms. The van der Waals surface area contributed by atoms with E-state index in [1.165, 1.54) is 20.3 Å². The van der Waals surface area contributed by atoms with E-state index < -0.39 is 16.5 Å². The van der Waals surface area contributed by atoms with Crippen LogP contribution in [-0.4, -0.2) is 50.7 Å². The van der Waals surface area contributed by atoms with E-state index in [9.17, 15) is 19.7 Å². The van der Waals surface area contributed by atoms with Crippen molar-refractivity contribution in [3.05, 3.63) is 87.5 Å². The van der Waals surface area contributed by atoms with Crippen LogP contribution in [0.3, 0.4) is 0 Å². The van der Waals surface area contributed by atoms with Gasteiger partial charge in [0.25, 0.3) is 17.5 Å². The monoisotopic (exact) mass is 491 g/mol. The van der Waals surface area contributed by atoms with E-state index in [0.29, 0.717) is 17.8 Å². The number of hydrogen-bond donors (Lipinski definition) is 1. The number of methoxy groups -OCH3 is 2. The fraction of sp³-hybridized carbons (Fsp3) is 0.231. The van der Waals surface area contributed by atoms with Crippen LogP contribution in [0.5, 0.6) is 11.5 Å². The van der Waals surface area contributed by atoms with Crippen molar-refractivity contribution in [2.75, 3.05) is 44.2 Å². The van der Waals surface area contributed by atoms with Crippen LogP contribution in [0.15, 0.2) is 60.7 Å². The van der Waals surface area contributed by atoms with Crippen molar-refractivity contribution in [1.29, 1.82) is 0 Å². The number of benzene rings is 3. The van der Waals surface area contributed by atoms with E-state index in [2.05, 4.69) is 5.32 Å². The van der Waals surface area contributed by atoms with E-state index in [-0.39, 0.29) is 36.2 Å². The Hall–Kier alpha value is -4.44. The lowest BCUT2D eigenvalue weighted by molar-refractivity contribution is -0.385. The Balaban J connectivity index is 1.51. The smallest absolute Gasteiger partial charge is 0.286 e. The standard InChI is InChI=1S/C26H25N3O7/c1-34-13-14-36-24-16-22(29(32)33)20(15-23(24)35-2)25(30)27-19-9-7-18(8-10-19)26(31)28-12-11-17-5-3-4-6-21(17)28/h3-10,15-16H,11-14H2,1-2H3,(H,27,30). The second kappa shape index (κ2) is 10.9. The van der Waals surface area contributed by atoms with Crippen molar-refractivity contribution >= 4 is 28.9 Å². The number of rotatable bonds is 9. The molecule has 0 radical (unpaired) electrons. The highest BCUT2D eigenvalue weighted by molar-refractivity contribution is 6.09. The quantitative estimate of drug-likeness (QED) is 0.272. The number of carbonyl (C=O) groups is 2. The van der Waals surface area contributed by atoms with Gasteiger partial charge in [-0.3, -0.25) is 19.7 Å². The molecule has 3 aromatic carbocycles. The second-order valence-electron chi connectivity index (χ2n) is 7.99. The Kier molecular flexibility index (Phi) is 7.45. The van der Waals surface area contributed by atoms with Gasteiger partial charge >= 0.3 is 0 Å². The summed E-state index contributed by atoms with van der Waals surface area (Å²) < 4.78 is 15.7. The van der Waals surface area contributed by atoms with E-state index >= 15 is 0 Å². The highest BCUT2D eigenvalue weighted by atomic mass is 16.6. The highest BCUT2D eigenvalue weighted by Crippen LogP contribution is 2.35. The van der Waals surface area contributed by atoms with Gasteiger partial charge in [0.15, 0.2) is 11.5 Å². The first-order valence-corrected chi connectivity index (χ1v) is 11.2. The zero-order chi connectivity index (χ0) is 25.7. The number of para-hydroxylation sites is 1. The van der Waals surface area contributed by atoms with Gasteiger partial charge in [0, 0.05) is 36.7 Å². The Morgan fingerprint density at radius 1 is 1.03 bits per heavy atom. The third-order valence-corrected chi connectivity index (χ3v) is 5.79. The average Bonchev–Trinajstić information content (AvgIpc) is 3.32. The normalized spacial score (nSPS) is 12.1. The van der Waals surface area contributed by atoms with Gasteiger partial charge in [-0.1, -0.05) is 18.2 Å². The number of anilines is 2. The molecule has 1 N–H and O–H groups in total. The molecule has 0 saturated carbocycles. The molecule has 0 spiro atoms. The topological polar surface area (TPSA) is 120 Å². The molecule has 0 aliphatic carbocycles. The molecule has 186 valence electrons. The number of nitrogens with one attached hydrogen (secondary N) is 1. The number of hydrogen-bond acceptors (Lipinski definition) is 7. The summed E-state index contributed by atoms with van der Waals surface area (Å²) in [4.78, 5) is 38.7. The number of ether oxygens (including phenoxy) is 3. The molecule has 0 saturated heterocycles. The highest BCUT2D eigenvalue weighted by Gasteiger charge is 2.26. The molecule has 36 heavy (non-hydrogen) atoms. The van der Waals surface area contributed by atoms with Gasteiger partial charge in [-0.15, -0.1) is 0 Å². The van der Waals surface area contributed by atoms with E-state index in [1.807, 2.05) is 24.3 Å². The third-order valence-electron chi connectivity index (χ3n) is 5.79. The van der Waals surface area contributed by atoms with Gasteiger partial charge < -0.3 is 24.4 Å². The van der Waals surface area contributed by atoms with Crippen molar-refractivity contribution in [2.24, 2.45) is 0 Å². The van der Waals surface area contributed by atoms with Crippen molar-refractivity contribution in [2.45, 2.75) is 6.42 Å². The Morgan fingerprint density at radius 2 is 1.78 bits per heavy atom. The molecular weight excluding hydrogens is 466 g/mol. The van der Waals surface area contributed by atoms with Crippen LogP contribution in [0, 0.1) is 10.1 Å². The molecule has 1 aliphatic rings. The minimum Gasteiger partial charge on any atom is -0.493 e. The molecule has 1 aliphatic heterocycles. The number of carbonyl (C=O) groups excluding carboxylic acids is 2. The molecule has 0 unspecified atom stereocenters. The summed E-state index contributed by atoms with van der Waals surface area (Å²) in [6.45, 7) is 1.04. The lowest BCUT2D eigenvalue weighted by Gasteiger charge is -2.17. The maximum absolute atomic E-state index is 13.0. The number of nitro benzene ring substituents is 1. The van der Waals surface area contributed by atoms with Gasteiger partial charge in [0.1, 0.15) is 12.2 Å². The maximum atomic E-state index is 13.0. The second-order valence-corrected chi connectivity index (χ2v) is 7.99. The van der Waals surface area contributed by atoms with E-state index in [4.69, 9.17) is 14.2 Å². The molecular formula is C26H25N3O7. The first-order valence-electron chi connectivity index (χ1n) is 11.2. The number of nitrogens with zero attached hydrogens (tertiary/aromatic N) is 2. The maximum Gasteiger partial charge on any atom is 0.286 e. The van der Waals surface area contributed by atoms with Crippen LogP contribution >= 0.6 is 0 Å². The van der Waals surface area contributed by atoms with Crippen molar-refractivity contribution in [1.82, 2.24) is 0 Å². The average molecular weight is 492 g/mol. The van der Waals surface area contributed by atoms with Crippen molar-refractivity contribution in [3.8, 4) is 11.5 Å². The number of fused-ring (bicyclic) bond motifs is 1. The van der Waals surface area contributed by atoms with Crippen LogP contribution in [-0.2, 0) is 11.2 Å². The van der Waals surface area contributed by atoms with Gasteiger partial charge in [0.2, 0.25) is 0 Å². The lowest BCUT2D eigenvalue weighted by Crippen LogP contribution is -2.28. The molecule has 2 amide bonds. The Morgan fingerprint density at radius 3 is 2.47 bits per heavy atom. The van der Waals surface area contributed by atoms with Gasteiger partial charge in [-0.2, -0.15) is 0 Å². The van der Waals surface area contributed by atoms with Crippen LogP contribution in [0.2, 0.25) is 0 Å². The van der Waals surface area contributed by atoms with E-state index in [0.717, 1.165) is 23.7 Å². The van der Waals surface area contributed by atoms with Crippen LogP contribution in [0.1, 0.15) is 26.3 Å². The molecule has 10 nitrogen and oxygen atoms in total. The number of amides is 2. The van der Waals surface area contributed by atoms with Crippen LogP contribution in [0.4, 0.5) is 17.1 Å². The van der Waals surface area contributed by atoms with Crippen LogP contribution < -0.4 is 19.7 Å². The summed E-state index contributed by atoms with van der Waals surface area (Å²) in [7, 11) is 2.88. The van der Waals surface area contributed by atoms with Gasteiger partial charge in [-0.25, -0.2) is 0 Å². The molecule has 1 heterocycles. The summed E-state index contributed by atoms with van der Waals surface area (Å²) in [6, 6.07) is 16.6. The molecule has 0 atom stereocenters. The Labute approximate surface area is 207 Å². The van der Waals surface area contributed by atoms with Crippen molar-refractivity contribution < 1.29 is 28.7 Å². The molecule has 0 bridgehead atoms. The largest absolute Gasteiger partial charge is 0.493 e. The minimum atomic E-state index is -0.698. The zero-order valence-electron chi connectivity index (χ0n) is 19.9. The van der Waals surface area contributed by atoms with Crippen LogP contribution in [0.25, 0.3) is 0 Å². The summed E-state index contributed by atoms with van der Waals surface area (Å²) in [6.07, 6.45) is 0.800. The molecule has 0 aromatic heterocycles. The molecule has 0 fully saturated rings. The van der Waals surface area contributed by atoms with Gasteiger partial charge in [-0.05, 0) is 42.3 Å². The lowest BCUT2D eigenvalue weighted by atomic mass is 10.1. The zero-order valence-corrected chi connectivity index (χ0v) is 19.9. The SMILES string of the molecule is COCCOc1cc([N+](=O)[O-])c(C(=O)Nc2ccc(C(=O)N3CCc4ccccc43)cc2)cc1OC. The number of nitro groups is 1. The predicted octanol–water partition coefficient (Wildman–Crippen LogP) is 4.08. The van der Waals surface area contributed by atoms with E-state index in [1.54, 1.807) is 29.2 Å². The van der Waals surface area contributed by atoms with Gasteiger partial charge in [0.05, 0.1) is 24.7 Å². The first kappa shape index (κ1) is 24.7. The predicted molar refractivity (Wildman–Crippen MR) is 133 cm³/mol. The summed E-state index contributed by atoms with van der Waals surface area (Å²) in [5.41, 5.74) is 2.25. The first-order chi connectivity index (χ1) is 17.4. The summed E-state index contributed by atoms with van der Waals surface area (Å²) in [5, 5.41) is 14.3.